The van der Waals surface area contributed by atoms with Gasteiger partial charge in [0.15, 0.2) is 5.82 Å². The molecule has 3 aromatic rings. The largest absolute Gasteiger partial charge is 0.489 e. The summed E-state index contributed by atoms with van der Waals surface area (Å²) in [7, 11) is 0. The number of aromatic nitrogens is 2. The first kappa shape index (κ1) is 27.4. The number of benzene rings is 2. The fourth-order valence-electron chi connectivity index (χ4n) is 4.24. The van der Waals surface area contributed by atoms with Gasteiger partial charge in [0.1, 0.15) is 17.4 Å². The van der Waals surface area contributed by atoms with Crippen LogP contribution in [0.1, 0.15) is 26.3 Å². The number of amides is 1. The Morgan fingerprint density at radius 3 is 2.59 bits per heavy atom. The summed E-state index contributed by atoms with van der Waals surface area (Å²) in [5.74, 6) is 0.916. The molecule has 1 amide bonds. The molecule has 0 unspecified atom stereocenters. The Balaban J connectivity index is 1.61. The number of carbonyl (C=O) groups is 1. The summed E-state index contributed by atoms with van der Waals surface area (Å²) in [6.45, 7) is 14.5. The Morgan fingerprint density at radius 1 is 1.13 bits per heavy atom. The van der Waals surface area contributed by atoms with Crippen LogP contribution in [0.15, 0.2) is 61.3 Å². The van der Waals surface area contributed by atoms with Gasteiger partial charge in [-0.05, 0) is 56.8 Å². The average molecular weight is 527 g/mol. The third kappa shape index (κ3) is 7.03. The Bertz CT molecular complexity index is 1360. The molecule has 2 aromatic carbocycles. The predicted octanol–water partition coefficient (Wildman–Crippen LogP) is 4.89. The lowest BCUT2D eigenvalue weighted by molar-refractivity contribution is -0.111. The lowest BCUT2D eigenvalue weighted by atomic mass is 10.2. The zero-order valence-electron chi connectivity index (χ0n) is 22.6. The Kier molecular flexibility index (Phi) is 8.97. The fraction of sp³-hybridized carbons (Fsp3) is 0.310. The molecule has 0 aliphatic carbocycles. The minimum absolute atomic E-state index is 0.0197. The third-order valence-corrected chi connectivity index (χ3v) is 6.29. The summed E-state index contributed by atoms with van der Waals surface area (Å²) in [4.78, 5) is 25.8. The zero-order valence-corrected chi connectivity index (χ0v) is 22.6. The minimum Gasteiger partial charge on any atom is -0.489 e. The molecule has 1 saturated heterocycles. The van der Waals surface area contributed by atoms with Gasteiger partial charge in [-0.15, -0.1) is 0 Å². The molecule has 10 nitrogen and oxygen atoms in total. The van der Waals surface area contributed by atoms with Crippen LogP contribution < -0.4 is 25.6 Å². The number of hydrogen-bond acceptors (Lipinski definition) is 9. The van der Waals surface area contributed by atoms with Gasteiger partial charge in [0, 0.05) is 31.9 Å². The molecule has 10 heteroatoms. The van der Waals surface area contributed by atoms with Crippen molar-refractivity contribution in [2.75, 3.05) is 53.6 Å². The van der Waals surface area contributed by atoms with E-state index >= 15 is 0 Å². The van der Waals surface area contributed by atoms with Crippen molar-refractivity contribution in [2.24, 2.45) is 0 Å². The molecule has 0 saturated carbocycles. The van der Waals surface area contributed by atoms with Crippen molar-refractivity contribution in [3.05, 3.63) is 66.9 Å². The van der Waals surface area contributed by atoms with Crippen molar-refractivity contribution in [2.45, 2.75) is 26.9 Å². The van der Waals surface area contributed by atoms with E-state index in [-0.39, 0.29) is 23.5 Å². The van der Waals surface area contributed by atoms with Crippen molar-refractivity contribution in [1.29, 1.82) is 5.26 Å². The van der Waals surface area contributed by atoms with Crippen LogP contribution >= 0.6 is 0 Å². The molecule has 1 aromatic heterocycles. The van der Waals surface area contributed by atoms with E-state index in [2.05, 4.69) is 55.3 Å². The molecule has 1 aliphatic heterocycles. The summed E-state index contributed by atoms with van der Waals surface area (Å²) >= 11 is 0. The van der Waals surface area contributed by atoms with Crippen LogP contribution in [-0.2, 0) is 4.79 Å². The first-order valence-electron chi connectivity index (χ1n) is 13.0. The maximum atomic E-state index is 12.2. The molecule has 39 heavy (non-hydrogen) atoms. The molecule has 0 radical (unpaired) electrons. The number of nitrogens with one attached hydrogen (secondary N) is 3. The quantitative estimate of drug-likeness (QED) is 0.317. The number of likely N-dealkylation sites (N-methyl/N-ethyl adjacent to an activating group) is 1. The van der Waals surface area contributed by atoms with Crippen molar-refractivity contribution in [3.8, 4) is 11.8 Å². The molecule has 0 spiro atoms. The van der Waals surface area contributed by atoms with E-state index in [9.17, 15) is 10.1 Å². The SMILES string of the molecule is C=CC(=O)Nc1cc(N2CCN(CC)CC2)ccc1Nc1ncc(C#N)c(Nc2ccccc2OC(C)C)n1. The Labute approximate surface area is 229 Å². The molecule has 1 aliphatic rings. The molecule has 1 fully saturated rings. The van der Waals surface area contributed by atoms with Gasteiger partial charge in [-0.3, -0.25) is 4.79 Å². The Hall–Kier alpha value is -4.62. The van der Waals surface area contributed by atoms with E-state index in [1.165, 1.54) is 12.3 Å². The first-order valence-corrected chi connectivity index (χ1v) is 13.0. The number of carbonyl (C=O) groups excluding carboxylic acids is 1. The van der Waals surface area contributed by atoms with Gasteiger partial charge in [0.05, 0.1) is 29.4 Å². The molecule has 202 valence electrons. The minimum atomic E-state index is -0.323. The molecule has 4 rings (SSSR count). The fourth-order valence-corrected chi connectivity index (χ4v) is 4.24. The number of rotatable bonds is 10. The molecule has 0 atom stereocenters. The number of nitriles is 1. The van der Waals surface area contributed by atoms with Crippen LogP contribution in [0.25, 0.3) is 0 Å². The summed E-state index contributed by atoms with van der Waals surface area (Å²) in [6.07, 6.45) is 2.66. The highest BCUT2D eigenvalue weighted by Gasteiger charge is 2.18. The summed E-state index contributed by atoms with van der Waals surface area (Å²) in [6, 6.07) is 15.4. The number of ether oxygens (including phenoxy) is 1. The van der Waals surface area contributed by atoms with E-state index in [0.29, 0.717) is 28.6 Å². The highest BCUT2D eigenvalue weighted by molar-refractivity contribution is 6.02. The number of para-hydroxylation sites is 2. The first-order chi connectivity index (χ1) is 18.9. The van der Waals surface area contributed by atoms with E-state index in [0.717, 1.165) is 38.4 Å². The van der Waals surface area contributed by atoms with Gasteiger partial charge >= 0.3 is 0 Å². The average Bonchev–Trinajstić information content (AvgIpc) is 2.95. The van der Waals surface area contributed by atoms with Crippen molar-refractivity contribution in [1.82, 2.24) is 14.9 Å². The van der Waals surface area contributed by atoms with Crippen LogP contribution in [0.5, 0.6) is 5.75 Å². The smallest absolute Gasteiger partial charge is 0.247 e. The lowest BCUT2D eigenvalue weighted by Crippen LogP contribution is -2.46. The summed E-state index contributed by atoms with van der Waals surface area (Å²) in [5, 5.41) is 19.0. The molecule has 0 bridgehead atoms. The van der Waals surface area contributed by atoms with Crippen LogP contribution in [0.3, 0.4) is 0 Å². The zero-order chi connectivity index (χ0) is 27.8. The monoisotopic (exact) mass is 526 g/mol. The maximum Gasteiger partial charge on any atom is 0.247 e. The standard InChI is InChI=1S/C29H34N8O2/c1-5-27(38)32-25-17-22(37-15-13-36(6-2)14-16-37)11-12-23(25)34-29-31-19-21(18-30)28(35-29)33-24-9-7-8-10-26(24)39-20(3)4/h5,7-12,17,19-20H,1,6,13-16H2,2-4H3,(H,32,38)(H2,31,33,34,35). The van der Waals surface area contributed by atoms with Gasteiger partial charge in [0.25, 0.3) is 0 Å². The summed E-state index contributed by atoms with van der Waals surface area (Å²) in [5.41, 5.74) is 3.16. The van der Waals surface area contributed by atoms with E-state index in [1.54, 1.807) is 0 Å². The van der Waals surface area contributed by atoms with Crippen LogP contribution in [0.2, 0.25) is 0 Å². The number of piperazine rings is 1. The van der Waals surface area contributed by atoms with Gasteiger partial charge in [0.2, 0.25) is 11.9 Å². The number of nitrogens with zero attached hydrogens (tertiary/aromatic N) is 5. The Morgan fingerprint density at radius 2 is 1.90 bits per heavy atom. The van der Waals surface area contributed by atoms with Crippen LogP contribution in [-0.4, -0.2) is 59.6 Å². The van der Waals surface area contributed by atoms with E-state index < -0.39 is 0 Å². The van der Waals surface area contributed by atoms with Crippen LogP contribution in [0, 0.1) is 11.3 Å². The molecular weight excluding hydrogens is 492 g/mol. The second kappa shape index (κ2) is 12.8. The highest BCUT2D eigenvalue weighted by Crippen LogP contribution is 2.32. The normalized spacial score (nSPS) is 13.5. The summed E-state index contributed by atoms with van der Waals surface area (Å²) < 4.78 is 5.89. The topological polar surface area (TPSA) is 118 Å². The molecular formula is C29H34N8O2. The van der Waals surface area contributed by atoms with Gasteiger partial charge in [-0.1, -0.05) is 25.6 Å². The van der Waals surface area contributed by atoms with Gasteiger partial charge < -0.3 is 30.5 Å². The second-order valence-electron chi connectivity index (χ2n) is 9.33. The second-order valence-corrected chi connectivity index (χ2v) is 9.33. The van der Waals surface area contributed by atoms with Crippen molar-refractivity contribution in [3.63, 3.8) is 0 Å². The number of anilines is 6. The van der Waals surface area contributed by atoms with Crippen molar-refractivity contribution < 1.29 is 9.53 Å². The molecule has 2 heterocycles. The van der Waals surface area contributed by atoms with E-state index in [1.807, 2.05) is 56.3 Å². The predicted molar refractivity (Wildman–Crippen MR) is 155 cm³/mol. The number of hydrogen-bond donors (Lipinski definition) is 3. The maximum absolute atomic E-state index is 12.2. The lowest BCUT2D eigenvalue weighted by Gasteiger charge is -2.35. The van der Waals surface area contributed by atoms with Crippen LogP contribution in [0.4, 0.5) is 34.5 Å². The molecule has 3 N–H and O–H groups in total. The van der Waals surface area contributed by atoms with Gasteiger partial charge in [-0.2, -0.15) is 10.2 Å². The van der Waals surface area contributed by atoms with Gasteiger partial charge in [-0.25, -0.2) is 4.98 Å². The third-order valence-electron chi connectivity index (χ3n) is 6.29. The highest BCUT2D eigenvalue weighted by atomic mass is 16.5. The van der Waals surface area contributed by atoms with E-state index in [4.69, 9.17) is 4.74 Å². The van der Waals surface area contributed by atoms with Crippen molar-refractivity contribution >= 4 is 40.4 Å².